The summed E-state index contributed by atoms with van der Waals surface area (Å²) in [6.45, 7) is 1.94. The molecule has 0 heterocycles. The van der Waals surface area contributed by atoms with Gasteiger partial charge in [0, 0.05) is 5.92 Å². The molecule has 9 heteroatoms. The molecule has 0 aliphatic rings. The summed E-state index contributed by atoms with van der Waals surface area (Å²) in [5.41, 5.74) is 0. The standard InChI is InChI=1S/C9H11F6NO2/c1-4(2)5(17)3-16-7(18)6(8(10,11)12)9(13,14)15/h4,6H,3H2,1-2H3,(H,16,18). The number of amides is 1. The van der Waals surface area contributed by atoms with Crippen molar-refractivity contribution in [2.75, 3.05) is 6.54 Å². The molecule has 0 radical (unpaired) electrons. The van der Waals surface area contributed by atoms with Gasteiger partial charge in [-0.2, -0.15) is 26.3 Å². The Bertz CT molecular complexity index is 306. The Morgan fingerprint density at radius 1 is 1.00 bits per heavy atom. The van der Waals surface area contributed by atoms with Crippen LogP contribution in [-0.4, -0.2) is 30.6 Å². The third-order valence-corrected chi connectivity index (χ3v) is 2.00. The second-order valence-corrected chi connectivity index (χ2v) is 3.86. The lowest BCUT2D eigenvalue weighted by Gasteiger charge is -2.22. The van der Waals surface area contributed by atoms with E-state index >= 15 is 0 Å². The van der Waals surface area contributed by atoms with Gasteiger partial charge in [0.25, 0.3) is 0 Å². The number of rotatable bonds is 4. The monoisotopic (exact) mass is 279 g/mol. The van der Waals surface area contributed by atoms with E-state index < -0.39 is 42.4 Å². The van der Waals surface area contributed by atoms with Gasteiger partial charge in [-0.25, -0.2) is 0 Å². The Morgan fingerprint density at radius 3 is 1.67 bits per heavy atom. The van der Waals surface area contributed by atoms with Gasteiger partial charge in [-0.05, 0) is 0 Å². The summed E-state index contributed by atoms with van der Waals surface area (Å²) < 4.78 is 72.5. The number of hydrogen-bond acceptors (Lipinski definition) is 2. The van der Waals surface area contributed by atoms with Gasteiger partial charge < -0.3 is 5.32 Å². The van der Waals surface area contributed by atoms with Gasteiger partial charge in [-0.3, -0.25) is 9.59 Å². The van der Waals surface area contributed by atoms with Crippen LogP contribution < -0.4 is 5.32 Å². The number of Topliss-reactive ketones (excluding diaryl/α,β-unsaturated/α-hetero) is 1. The molecule has 0 fully saturated rings. The first-order valence-corrected chi connectivity index (χ1v) is 4.81. The lowest BCUT2D eigenvalue weighted by molar-refractivity contribution is -0.274. The molecule has 1 amide bonds. The zero-order valence-electron chi connectivity index (χ0n) is 9.45. The van der Waals surface area contributed by atoms with E-state index in [1.165, 1.54) is 19.2 Å². The third kappa shape index (κ3) is 4.92. The number of carbonyl (C=O) groups excluding carboxylic acids is 2. The molecule has 0 aromatic rings. The van der Waals surface area contributed by atoms with E-state index in [0.717, 1.165) is 0 Å². The van der Waals surface area contributed by atoms with Crippen LogP contribution in [0.3, 0.4) is 0 Å². The first-order valence-electron chi connectivity index (χ1n) is 4.81. The fraction of sp³-hybridized carbons (Fsp3) is 0.778. The van der Waals surface area contributed by atoms with E-state index in [1.54, 1.807) is 0 Å². The maximum absolute atomic E-state index is 12.1. The van der Waals surface area contributed by atoms with Crippen molar-refractivity contribution in [1.82, 2.24) is 5.32 Å². The molecule has 0 atom stereocenters. The van der Waals surface area contributed by atoms with Gasteiger partial charge in [0.15, 0.2) is 5.78 Å². The third-order valence-electron chi connectivity index (χ3n) is 2.00. The molecule has 0 rings (SSSR count). The van der Waals surface area contributed by atoms with Crippen molar-refractivity contribution in [1.29, 1.82) is 0 Å². The van der Waals surface area contributed by atoms with Crippen LogP contribution >= 0.6 is 0 Å². The molecule has 1 N–H and O–H groups in total. The number of nitrogens with one attached hydrogen (secondary N) is 1. The maximum Gasteiger partial charge on any atom is 0.409 e. The van der Waals surface area contributed by atoms with Gasteiger partial charge in [0.05, 0.1) is 6.54 Å². The Morgan fingerprint density at radius 2 is 1.39 bits per heavy atom. The molecular weight excluding hydrogens is 268 g/mol. The van der Waals surface area contributed by atoms with Crippen molar-refractivity contribution >= 4 is 11.7 Å². The Hall–Kier alpha value is -1.28. The second kappa shape index (κ2) is 5.57. The van der Waals surface area contributed by atoms with E-state index in [0.29, 0.717) is 0 Å². The lowest BCUT2D eigenvalue weighted by Crippen LogP contribution is -2.49. The van der Waals surface area contributed by atoms with Crippen LogP contribution in [0, 0.1) is 11.8 Å². The smallest absolute Gasteiger partial charge is 0.348 e. The van der Waals surface area contributed by atoms with Gasteiger partial charge in [-0.15, -0.1) is 0 Å². The van der Waals surface area contributed by atoms with Crippen LogP contribution in [0.4, 0.5) is 26.3 Å². The first kappa shape index (κ1) is 16.7. The number of carbonyl (C=O) groups is 2. The average Bonchev–Trinajstić information content (AvgIpc) is 2.08. The van der Waals surface area contributed by atoms with Crippen LogP contribution in [0.2, 0.25) is 0 Å². The average molecular weight is 279 g/mol. The summed E-state index contributed by atoms with van der Waals surface area (Å²) in [4.78, 5) is 21.9. The highest BCUT2D eigenvalue weighted by Crippen LogP contribution is 2.39. The van der Waals surface area contributed by atoms with Crippen molar-refractivity contribution < 1.29 is 35.9 Å². The SMILES string of the molecule is CC(C)C(=O)CNC(=O)C(C(F)(F)F)C(F)(F)F. The van der Waals surface area contributed by atoms with E-state index in [1.807, 2.05) is 0 Å². The fourth-order valence-corrected chi connectivity index (χ4v) is 0.963. The van der Waals surface area contributed by atoms with E-state index in [-0.39, 0.29) is 0 Å². The highest BCUT2D eigenvalue weighted by atomic mass is 19.4. The zero-order chi connectivity index (χ0) is 14.7. The molecule has 0 spiro atoms. The fourth-order valence-electron chi connectivity index (χ4n) is 0.963. The molecule has 0 aromatic carbocycles. The van der Waals surface area contributed by atoms with Crippen LogP contribution in [0.5, 0.6) is 0 Å². The van der Waals surface area contributed by atoms with Gasteiger partial charge >= 0.3 is 12.4 Å². The minimum absolute atomic E-state index is 0.597. The minimum Gasteiger partial charge on any atom is -0.348 e. The number of hydrogen-bond donors (Lipinski definition) is 1. The van der Waals surface area contributed by atoms with Gasteiger partial charge in [-0.1, -0.05) is 13.8 Å². The summed E-state index contributed by atoms with van der Waals surface area (Å²) in [6, 6.07) is 0. The predicted octanol–water partition coefficient (Wildman–Crippen LogP) is 2.07. The quantitative estimate of drug-likeness (QED) is 0.801. The van der Waals surface area contributed by atoms with Crippen molar-refractivity contribution in [3.63, 3.8) is 0 Å². The number of ketones is 1. The molecule has 3 nitrogen and oxygen atoms in total. The van der Waals surface area contributed by atoms with Crippen LogP contribution in [0.15, 0.2) is 0 Å². The summed E-state index contributed by atoms with van der Waals surface area (Å²) in [7, 11) is 0. The molecule has 0 saturated heterocycles. The van der Waals surface area contributed by atoms with Crippen molar-refractivity contribution in [2.45, 2.75) is 26.2 Å². The summed E-state index contributed by atoms with van der Waals surface area (Å²) in [6.07, 6.45) is -11.5. The predicted molar refractivity (Wildman–Crippen MR) is 48.5 cm³/mol. The zero-order valence-corrected chi connectivity index (χ0v) is 9.45. The van der Waals surface area contributed by atoms with Crippen molar-refractivity contribution in [2.24, 2.45) is 11.8 Å². The lowest BCUT2D eigenvalue weighted by atomic mass is 10.1. The number of alkyl halides is 6. The van der Waals surface area contributed by atoms with E-state index in [2.05, 4.69) is 0 Å². The summed E-state index contributed by atoms with van der Waals surface area (Å²) in [5.74, 6) is -7.65. The van der Waals surface area contributed by atoms with Crippen LogP contribution in [0.25, 0.3) is 0 Å². The Labute approximate surface area is 98.5 Å². The Kier molecular flexibility index (Phi) is 5.18. The maximum atomic E-state index is 12.1. The minimum atomic E-state index is -5.75. The molecule has 0 saturated carbocycles. The summed E-state index contributed by atoms with van der Waals surface area (Å²) >= 11 is 0. The van der Waals surface area contributed by atoms with E-state index in [9.17, 15) is 35.9 Å². The normalized spacial score (nSPS) is 13.0. The Balaban J connectivity index is 4.76. The molecule has 18 heavy (non-hydrogen) atoms. The molecule has 0 aromatic heterocycles. The van der Waals surface area contributed by atoms with Crippen molar-refractivity contribution in [3.05, 3.63) is 0 Å². The van der Waals surface area contributed by atoms with Gasteiger partial charge in [0.1, 0.15) is 0 Å². The molecule has 0 aliphatic carbocycles. The first-order chi connectivity index (χ1) is 7.87. The second-order valence-electron chi connectivity index (χ2n) is 3.86. The van der Waals surface area contributed by atoms with Crippen LogP contribution in [-0.2, 0) is 9.59 Å². The van der Waals surface area contributed by atoms with Gasteiger partial charge in [0.2, 0.25) is 11.8 Å². The molecule has 0 aliphatic heterocycles. The molecular formula is C9H11F6NO2. The highest BCUT2D eigenvalue weighted by molar-refractivity contribution is 5.88. The highest BCUT2D eigenvalue weighted by Gasteiger charge is 2.61. The van der Waals surface area contributed by atoms with Crippen LogP contribution in [0.1, 0.15) is 13.8 Å². The molecule has 106 valence electrons. The largest absolute Gasteiger partial charge is 0.409 e. The molecule has 0 bridgehead atoms. The summed E-state index contributed by atoms with van der Waals surface area (Å²) in [5, 5.41) is 1.35. The number of halogens is 6. The molecule has 0 unspecified atom stereocenters. The topological polar surface area (TPSA) is 46.2 Å². The van der Waals surface area contributed by atoms with E-state index in [4.69, 9.17) is 0 Å². The van der Waals surface area contributed by atoms with Crippen molar-refractivity contribution in [3.8, 4) is 0 Å².